The molecule has 0 aliphatic heterocycles. The van der Waals surface area contributed by atoms with Crippen LogP contribution in [0.2, 0.25) is 0 Å². The van der Waals surface area contributed by atoms with Crippen molar-refractivity contribution >= 4 is 11.6 Å². The smallest absolute Gasteiger partial charge is 0.231 e. The van der Waals surface area contributed by atoms with Crippen LogP contribution in [0, 0.1) is 0 Å². The van der Waals surface area contributed by atoms with Crippen LogP contribution in [0.3, 0.4) is 0 Å². The van der Waals surface area contributed by atoms with E-state index in [2.05, 4.69) is 37.3 Å². The lowest BCUT2D eigenvalue weighted by molar-refractivity contribution is -0.118. The molecule has 1 aliphatic rings. The summed E-state index contributed by atoms with van der Waals surface area (Å²) < 4.78 is 0. The molecule has 176 valence electrons. The largest absolute Gasteiger partial charge is 0.281 e. The van der Waals surface area contributed by atoms with Gasteiger partial charge in [-0.05, 0) is 63.2 Å². The number of hydrogen-bond donors (Lipinski definition) is 0. The molecule has 1 aromatic carbocycles. The Balaban J connectivity index is 1.56. The molecule has 1 aliphatic carbocycles. The molecule has 0 N–H and O–H groups in total. The SMILES string of the molecule is CCCCCCCC/C=C\CCCCCCCC(=O)N(C1=CCCC=C1)c1ccccc1. The van der Waals surface area contributed by atoms with E-state index in [0.717, 1.165) is 37.1 Å². The standard InChI is InChI=1S/C30H45NO/c1-2-3-4-5-6-7-8-9-10-11-12-13-14-15-22-27-30(32)31(28-23-18-16-19-24-28)29-25-20-17-21-26-29/h9-10,16,18-20,23-26H,2-8,11-15,17,21-22,27H2,1H3/b10-9-. The van der Waals surface area contributed by atoms with E-state index >= 15 is 0 Å². The van der Waals surface area contributed by atoms with Gasteiger partial charge >= 0.3 is 0 Å². The van der Waals surface area contributed by atoms with Crippen molar-refractivity contribution in [1.82, 2.24) is 0 Å². The Morgan fingerprint density at radius 2 is 1.44 bits per heavy atom. The lowest BCUT2D eigenvalue weighted by atomic mass is 10.1. The summed E-state index contributed by atoms with van der Waals surface area (Å²) in [6, 6.07) is 10.1. The molecule has 0 bridgehead atoms. The summed E-state index contributed by atoms with van der Waals surface area (Å²) in [5.41, 5.74) is 2.00. The van der Waals surface area contributed by atoms with Crippen LogP contribution in [0.25, 0.3) is 0 Å². The Labute approximate surface area is 197 Å². The van der Waals surface area contributed by atoms with Crippen LogP contribution >= 0.6 is 0 Å². The van der Waals surface area contributed by atoms with Crippen molar-refractivity contribution in [2.24, 2.45) is 0 Å². The first-order chi connectivity index (χ1) is 15.8. The van der Waals surface area contributed by atoms with E-state index in [-0.39, 0.29) is 5.91 Å². The van der Waals surface area contributed by atoms with Crippen molar-refractivity contribution in [3.05, 3.63) is 66.4 Å². The van der Waals surface area contributed by atoms with E-state index in [9.17, 15) is 4.79 Å². The van der Waals surface area contributed by atoms with Crippen LogP contribution in [0.4, 0.5) is 5.69 Å². The summed E-state index contributed by atoms with van der Waals surface area (Å²) in [6.07, 6.45) is 30.5. The summed E-state index contributed by atoms with van der Waals surface area (Å²) in [6.45, 7) is 2.27. The van der Waals surface area contributed by atoms with Crippen molar-refractivity contribution in [2.75, 3.05) is 4.90 Å². The van der Waals surface area contributed by atoms with Gasteiger partial charge in [-0.1, -0.05) is 101 Å². The predicted octanol–water partition coefficient (Wildman–Crippen LogP) is 9.29. The fourth-order valence-corrected chi connectivity index (χ4v) is 4.24. The van der Waals surface area contributed by atoms with Crippen molar-refractivity contribution in [2.45, 2.75) is 110 Å². The third-order valence-electron chi connectivity index (χ3n) is 6.15. The van der Waals surface area contributed by atoms with E-state index < -0.39 is 0 Å². The average molecular weight is 436 g/mol. The van der Waals surface area contributed by atoms with Crippen LogP contribution in [0.15, 0.2) is 66.4 Å². The van der Waals surface area contributed by atoms with E-state index in [1.54, 1.807) is 0 Å². The normalized spacial score (nSPS) is 13.5. The van der Waals surface area contributed by atoms with Gasteiger partial charge in [0.05, 0.1) is 0 Å². The summed E-state index contributed by atoms with van der Waals surface area (Å²) in [4.78, 5) is 14.9. The quantitative estimate of drug-likeness (QED) is 0.176. The molecule has 0 saturated heterocycles. The van der Waals surface area contributed by atoms with E-state index in [1.807, 2.05) is 35.2 Å². The van der Waals surface area contributed by atoms with Gasteiger partial charge in [-0.2, -0.15) is 0 Å². The Bertz CT molecular complexity index is 701. The molecule has 0 heterocycles. The molecule has 1 amide bonds. The highest BCUT2D eigenvalue weighted by Gasteiger charge is 2.18. The van der Waals surface area contributed by atoms with Crippen LogP contribution in [-0.2, 0) is 4.79 Å². The second-order valence-corrected chi connectivity index (χ2v) is 9.01. The highest BCUT2D eigenvalue weighted by molar-refractivity contribution is 5.97. The summed E-state index contributed by atoms with van der Waals surface area (Å²) in [7, 11) is 0. The highest BCUT2D eigenvalue weighted by atomic mass is 16.2. The molecule has 32 heavy (non-hydrogen) atoms. The summed E-state index contributed by atoms with van der Waals surface area (Å²) in [5.74, 6) is 0.214. The number of unbranched alkanes of at least 4 members (excludes halogenated alkanes) is 11. The zero-order valence-corrected chi connectivity index (χ0v) is 20.4. The third-order valence-corrected chi connectivity index (χ3v) is 6.15. The molecule has 2 heteroatoms. The zero-order chi connectivity index (χ0) is 22.7. The number of amides is 1. The molecular weight excluding hydrogens is 390 g/mol. The second kappa shape index (κ2) is 17.5. The minimum atomic E-state index is 0.214. The molecule has 0 saturated carbocycles. The Hall–Kier alpha value is -2.09. The lowest BCUT2D eigenvalue weighted by Gasteiger charge is -2.25. The number of benzene rings is 1. The van der Waals surface area contributed by atoms with E-state index in [4.69, 9.17) is 0 Å². The van der Waals surface area contributed by atoms with Crippen molar-refractivity contribution < 1.29 is 4.79 Å². The summed E-state index contributed by atoms with van der Waals surface area (Å²) >= 11 is 0. The third kappa shape index (κ3) is 11.0. The molecule has 0 aromatic heterocycles. The minimum Gasteiger partial charge on any atom is -0.281 e. The fourth-order valence-electron chi connectivity index (χ4n) is 4.24. The maximum atomic E-state index is 13.0. The second-order valence-electron chi connectivity index (χ2n) is 9.01. The molecule has 0 unspecified atom stereocenters. The van der Waals surface area contributed by atoms with Crippen LogP contribution in [-0.4, -0.2) is 5.91 Å². The van der Waals surface area contributed by atoms with Gasteiger partial charge in [0.2, 0.25) is 5.91 Å². The Kier molecular flexibility index (Phi) is 14.3. The predicted molar refractivity (Wildman–Crippen MR) is 140 cm³/mol. The van der Waals surface area contributed by atoms with Gasteiger partial charge in [-0.15, -0.1) is 0 Å². The number of carbonyl (C=O) groups is 1. The van der Waals surface area contributed by atoms with Crippen molar-refractivity contribution in [1.29, 1.82) is 0 Å². The Morgan fingerprint density at radius 3 is 2.06 bits per heavy atom. The van der Waals surface area contributed by atoms with E-state index in [1.165, 1.54) is 70.6 Å². The number of carbonyl (C=O) groups excluding carboxylic acids is 1. The van der Waals surface area contributed by atoms with Gasteiger partial charge in [0, 0.05) is 17.8 Å². The maximum Gasteiger partial charge on any atom is 0.231 e. The fraction of sp³-hybridized carbons (Fsp3) is 0.567. The topological polar surface area (TPSA) is 20.3 Å². The van der Waals surface area contributed by atoms with Gasteiger partial charge in [-0.25, -0.2) is 0 Å². The molecule has 0 fully saturated rings. The number of anilines is 1. The van der Waals surface area contributed by atoms with Crippen molar-refractivity contribution in [3.8, 4) is 0 Å². The minimum absolute atomic E-state index is 0.214. The molecule has 0 spiro atoms. The number of allylic oxidation sites excluding steroid dienone is 5. The van der Waals surface area contributed by atoms with E-state index in [0.29, 0.717) is 6.42 Å². The van der Waals surface area contributed by atoms with Crippen LogP contribution in [0.1, 0.15) is 110 Å². The van der Waals surface area contributed by atoms with Gasteiger partial charge in [0.25, 0.3) is 0 Å². The highest BCUT2D eigenvalue weighted by Crippen LogP contribution is 2.24. The average Bonchev–Trinajstić information content (AvgIpc) is 2.83. The molecule has 0 atom stereocenters. The van der Waals surface area contributed by atoms with Crippen molar-refractivity contribution in [3.63, 3.8) is 0 Å². The number of para-hydroxylation sites is 1. The van der Waals surface area contributed by atoms with Gasteiger partial charge < -0.3 is 0 Å². The molecule has 2 rings (SSSR count). The lowest BCUT2D eigenvalue weighted by Crippen LogP contribution is -2.29. The van der Waals surface area contributed by atoms with Gasteiger partial charge in [-0.3, -0.25) is 9.69 Å². The van der Waals surface area contributed by atoms with Crippen LogP contribution in [0.5, 0.6) is 0 Å². The first-order valence-corrected chi connectivity index (χ1v) is 13.2. The molecule has 2 nitrogen and oxygen atoms in total. The number of rotatable bonds is 17. The monoisotopic (exact) mass is 435 g/mol. The number of hydrogen-bond acceptors (Lipinski definition) is 1. The van der Waals surface area contributed by atoms with Gasteiger partial charge in [0.15, 0.2) is 0 Å². The molecule has 0 radical (unpaired) electrons. The Morgan fingerprint density at radius 1 is 0.812 bits per heavy atom. The first kappa shape index (κ1) is 26.2. The first-order valence-electron chi connectivity index (χ1n) is 13.2. The van der Waals surface area contributed by atoms with Crippen LogP contribution < -0.4 is 4.90 Å². The zero-order valence-electron chi connectivity index (χ0n) is 20.4. The maximum absolute atomic E-state index is 13.0. The summed E-state index contributed by atoms with van der Waals surface area (Å²) in [5, 5.41) is 0. The molecule has 1 aromatic rings. The molecular formula is C30H45NO. The van der Waals surface area contributed by atoms with Gasteiger partial charge in [0.1, 0.15) is 0 Å². The number of nitrogens with zero attached hydrogens (tertiary/aromatic N) is 1.